The maximum absolute atomic E-state index is 12.4. The third-order valence-corrected chi connectivity index (χ3v) is 3.83. The lowest BCUT2D eigenvalue weighted by molar-refractivity contribution is -0.130. The van der Waals surface area contributed by atoms with E-state index in [9.17, 15) is 4.79 Å². The lowest BCUT2D eigenvalue weighted by atomic mass is 10.0. The van der Waals surface area contributed by atoms with Crippen molar-refractivity contribution in [2.45, 2.75) is 39.2 Å². The molecule has 0 radical (unpaired) electrons. The van der Waals surface area contributed by atoms with E-state index in [-0.39, 0.29) is 5.91 Å². The molecule has 0 N–H and O–H groups in total. The van der Waals surface area contributed by atoms with Gasteiger partial charge in [-0.3, -0.25) is 4.79 Å². The van der Waals surface area contributed by atoms with Gasteiger partial charge in [-0.15, -0.1) is 0 Å². The maximum Gasteiger partial charge on any atom is 0.227 e. The smallest absolute Gasteiger partial charge is 0.227 e. The summed E-state index contributed by atoms with van der Waals surface area (Å²) in [5, 5.41) is 0.863. The normalized spacial score (nSPS) is 14.6. The number of halogens is 1. The average molecular weight is 310 g/mol. The van der Waals surface area contributed by atoms with Crippen molar-refractivity contribution in [2.75, 3.05) is 11.9 Å². The Morgan fingerprint density at radius 2 is 2.11 bits per heavy atom. The predicted octanol–water partition coefficient (Wildman–Crippen LogP) is 3.23. The van der Waals surface area contributed by atoms with Crippen LogP contribution in [0.4, 0.5) is 0 Å². The summed E-state index contributed by atoms with van der Waals surface area (Å²) in [6.45, 7) is 4.98. The van der Waals surface area contributed by atoms with E-state index in [2.05, 4.69) is 48.0 Å². The minimum Gasteiger partial charge on any atom is -0.339 e. The van der Waals surface area contributed by atoms with Crippen LogP contribution in [-0.2, 0) is 11.2 Å². The molecule has 1 aromatic rings. The first-order valence-corrected chi connectivity index (χ1v) is 7.65. The number of hydrogen-bond donors (Lipinski definition) is 0. The van der Waals surface area contributed by atoms with Crippen LogP contribution >= 0.6 is 15.9 Å². The van der Waals surface area contributed by atoms with Crippen LogP contribution in [0.3, 0.4) is 0 Å². The molecule has 98 valence electrons. The molecular formula is C15H20BrNO. The molecule has 1 aliphatic carbocycles. The molecule has 0 saturated heterocycles. The van der Waals surface area contributed by atoms with E-state index in [1.807, 2.05) is 4.90 Å². The van der Waals surface area contributed by atoms with Gasteiger partial charge in [-0.2, -0.15) is 0 Å². The van der Waals surface area contributed by atoms with E-state index in [4.69, 9.17) is 0 Å². The van der Waals surface area contributed by atoms with Crippen molar-refractivity contribution in [3.05, 3.63) is 34.9 Å². The first kappa shape index (κ1) is 13.6. The number of carbonyl (C=O) groups excluding carboxylic acids is 1. The third kappa shape index (κ3) is 3.35. The Kier molecular flexibility index (Phi) is 4.44. The first-order valence-electron chi connectivity index (χ1n) is 6.53. The minimum atomic E-state index is 0.269. The van der Waals surface area contributed by atoms with E-state index in [0.717, 1.165) is 11.9 Å². The van der Waals surface area contributed by atoms with Gasteiger partial charge in [0.15, 0.2) is 0 Å². The van der Waals surface area contributed by atoms with Crippen LogP contribution in [0.2, 0.25) is 0 Å². The van der Waals surface area contributed by atoms with E-state index in [1.165, 1.54) is 29.5 Å². The summed E-state index contributed by atoms with van der Waals surface area (Å²) in [6.07, 6.45) is 2.88. The second-order valence-electron chi connectivity index (χ2n) is 5.11. The van der Waals surface area contributed by atoms with Crippen LogP contribution < -0.4 is 0 Å². The van der Waals surface area contributed by atoms with Crippen molar-refractivity contribution in [1.82, 2.24) is 4.90 Å². The summed E-state index contributed by atoms with van der Waals surface area (Å²) in [5.41, 5.74) is 3.60. The molecule has 0 aliphatic heterocycles. The van der Waals surface area contributed by atoms with Crippen LogP contribution in [-0.4, -0.2) is 28.7 Å². The van der Waals surface area contributed by atoms with Crippen molar-refractivity contribution in [1.29, 1.82) is 0 Å². The Morgan fingerprint density at radius 3 is 2.72 bits per heavy atom. The number of alkyl halides is 1. The molecule has 0 spiro atoms. The first-order chi connectivity index (χ1) is 8.61. The molecular weight excluding hydrogens is 290 g/mol. The van der Waals surface area contributed by atoms with Crippen LogP contribution in [0.5, 0.6) is 0 Å². The number of hydrogen-bond acceptors (Lipinski definition) is 1. The quantitative estimate of drug-likeness (QED) is 0.765. The van der Waals surface area contributed by atoms with Crippen molar-refractivity contribution in [2.24, 2.45) is 0 Å². The lowest BCUT2D eigenvalue weighted by Crippen LogP contribution is -2.35. The second-order valence-corrected chi connectivity index (χ2v) is 5.91. The Balaban J connectivity index is 2.07. The Hall–Kier alpha value is -0.830. The fourth-order valence-electron chi connectivity index (χ4n) is 2.24. The fourth-order valence-corrected chi connectivity index (χ4v) is 2.63. The van der Waals surface area contributed by atoms with Gasteiger partial charge in [0.1, 0.15) is 0 Å². The highest BCUT2D eigenvalue weighted by atomic mass is 79.9. The molecule has 1 saturated carbocycles. The molecule has 0 aromatic heterocycles. The summed E-state index contributed by atoms with van der Waals surface area (Å²) in [4.78, 5) is 14.4. The number of benzene rings is 1. The molecule has 2 nitrogen and oxygen atoms in total. The minimum absolute atomic E-state index is 0.269. The van der Waals surface area contributed by atoms with E-state index < -0.39 is 0 Å². The van der Waals surface area contributed by atoms with Gasteiger partial charge in [-0.05, 0) is 37.8 Å². The van der Waals surface area contributed by atoms with Gasteiger partial charge >= 0.3 is 0 Å². The van der Waals surface area contributed by atoms with Crippen LogP contribution in [0.25, 0.3) is 0 Å². The third-order valence-electron chi connectivity index (χ3n) is 3.48. The van der Waals surface area contributed by atoms with Gasteiger partial charge in [0.05, 0.1) is 6.42 Å². The van der Waals surface area contributed by atoms with Gasteiger partial charge < -0.3 is 4.90 Å². The van der Waals surface area contributed by atoms with Crippen molar-refractivity contribution < 1.29 is 4.79 Å². The van der Waals surface area contributed by atoms with Crippen molar-refractivity contribution in [3.8, 4) is 0 Å². The lowest BCUT2D eigenvalue weighted by Gasteiger charge is -2.22. The van der Waals surface area contributed by atoms with Gasteiger partial charge in [-0.1, -0.05) is 39.7 Å². The number of aryl methyl sites for hydroxylation is 2. The highest BCUT2D eigenvalue weighted by Gasteiger charge is 2.31. The molecule has 2 rings (SSSR count). The van der Waals surface area contributed by atoms with Gasteiger partial charge in [-0.25, -0.2) is 0 Å². The molecule has 1 aliphatic rings. The topological polar surface area (TPSA) is 20.3 Å². The highest BCUT2D eigenvalue weighted by molar-refractivity contribution is 9.09. The number of rotatable bonds is 5. The molecule has 3 heteroatoms. The monoisotopic (exact) mass is 309 g/mol. The standard InChI is InChI=1S/C15H20BrNO/c1-11-3-4-12(2)13(9-11)10-15(18)17(8-7-16)14-5-6-14/h3-4,9,14H,5-8,10H2,1-2H3. The Labute approximate surface area is 117 Å². The van der Waals surface area contributed by atoms with Crippen molar-refractivity contribution in [3.63, 3.8) is 0 Å². The number of carbonyl (C=O) groups is 1. The van der Waals surface area contributed by atoms with Gasteiger partial charge in [0.2, 0.25) is 5.91 Å². The van der Waals surface area contributed by atoms with Crippen LogP contribution in [0.15, 0.2) is 18.2 Å². The summed E-state index contributed by atoms with van der Waals surface area (Å²) in [6, 6.07) is 6.83. The van der Waals surface area contributed by atoms with E-state index in [1.54, 1.807) is 0 Å². The molecule has 0 bridgehead atoms. The average Bonchev–Trinajstić information content (AvgIpc) is 3.14. The summed E-state index contributed by atoms with van der Waals surface area (Å²) in [7, 11) is 0. The van der Waals surface area contributed by atoms with Crippen LogP contribution in [0.1, 0.15) is 29.5 Å². The van der Waals surface area contributed by atoms with Crippen LogP contribution in [0, 0.1) is 13.8 Å². The van der Waals surface area contributed by atoms with E-state index >= 15 is 0 Å². The zero-order chi connectivity index (χ0) is 13.1. The molecule has 0 atom stereocenters. The maximum atomic E-state index is 12.4. The highest BCUT2D eigenvalue weighted by Crippen LogP contribution is 2.27. The second kappa shape index (κ2) is 5.87. The number of amides is 1. The number of nitrogens with zero attached hydrogens (tertiary/aromatic N) is 1. The zero-order valence-corrected chi connectivity index (χ0v) is 12.7. The molecule has 1 fully saturated rings. The van der Waals surface area contributed by atoms with Crippen molar-refractivity contribution >= 4 is 21.8 Å². The van der Waals surface area contributed by atoms with Gasteiger partial charge in [0.25, 0.3) is 0 Å². The predicted molar refractivity (Wildman–Crippen MR) is 78.1 cm³/mol. The molecule has 1 amide bonds. The molecule has 18 heavy (non-hydrogen) atoms. The molecule has 0 unspecified atom stereocenters. The fraction of sp³-hybridized carbons (Fsp3) is 0.533. The zero-order valence-electron chi connectivity index (χ0n) is 11.1. The summed E-state index contributed by atoms with van der Waals surface area (Å²) < 4.78 is 0. The summed E-state index contributed by atoms with van der Waals surface area (Å²) in [5.74, 6) is 0.269. The van der Waals surface area contributed by atoms with E-state index in [0.29, 0.717) is 12.5 Å². The van der Waals surface area contributed by atoms with Gasteiger partial charge in [0, 0.05) is 17.9 Å². The Bertz CT molecular complexity index is 440. The molecule has 1 aromatic carbocycles. The molecule has 0 heterocycles. The SMILES string of the molecule is Cc1ccc(C)c(CC(=O)N(CCBr)C2CC2)c1. The summed E-state index contributed by atoms with van der Waals surface area (Å²) >= 11 is 3.43. The largest absolute Gasteiger partial charge is 0.339 e. The Morgan fingerprint density at radius 1 is 1.39 bits per heavy atom.